The Kier molecular flexibility index (Phi) is 6.07. The summed E-state index contributed by atoms with van der Waals surface area (Å²) < 4.78 is 27.0. The van der Waals surface area contributed by atoms with E-state index in [9.17, 15) is 8.42 Å². The number of nitrogens with one attached hydrogen (secondary N) is 1. The van der Waals surface area contributed by atoms with Crippen LogP contribution in [0.15, 0.2) is 34.1 Å². The number of benzene rings is 1. The molecule has 0 atom stereocenters. The Labute approximate surface area is 131 Å². The third-order valence-electron chi connectivity index (χ3n) is 3.69. The smallest absolute Gasteiger partial charge is 0.240 e. The molecule has 118 valence electrons. The average molecular weight is 329 g/mol. The Hall–Kier alpha value is -0.600. The van der Waals surface area contributed by atoms with Gasteiger partial charge in [-0.1, -0.05) is 0 Å². The number of hydrogen-bond donors (Lipinski definition) is 1. The van der Waals surface area contributed by atoms with Gasteiger partial charge in [0.1, 0.15) is 0 Å². The number of likely N-dealkylation sites (N-methyl/N-ethyl adjacent to an activating group) is 1. The second-order valence-electron chi connectivity index (χ2n) is 5.22. The summed E-state index contributed by atoms with van der Waals surface area (Å²) in [4.78, 5) is 5.97. The van der Waals surface area contributed by atoms with Crippen LogP contribution in [0.5, 0.6) is 0 Å². The molecular formula is C14H23N3O2S2. The van der Waals surface area contributed by atoms with Crippen LogP contribution in [0.1, 0.15) is 0 Å². The number of nitrogens with zero attached hydrogens (tertiary/aromatic N) is 2. The fourth-order valence-corrected chi connectivity index (χ4v) is 3.68. The van der Waals surface area contributed by atoms with Crippen LogP contribution in [-0.2, 0) is 10.0 Å². The summed E-state index contributed by atoms with van der Waals surface area (Å²) in [6.45, 7) is 5.30. The van der Waals surface area contributed by atoms with Gasteiger partial charge < -0.3 is 4.90 Å². The molecule has 0 amide bonds. The standard InChI is InChI=1S/C14H23N3O2S2/c1-16-9-11-17(12-10-16)8-7-15-21(18,19)14-5-3-13(20-2)4-6-14/h3-6,15H,7-12H2,1-2H3. The molecule has 7 heteroatoms. The maximum Gasteiger partial charge on any atom is 0.240 e. The molecule has 1 aromatic rings. The fourth-order valence-electron chi connectivity index (χ4n) is 2.25. The molecule has 0 unspecified atom stereocenters. The zero-order valence-electron chi connectivity index (χ0n) is 12.6. The van der Waals surface area contributed by atoms with Crippen LogP contribution in [0.25, 0.3) is 0 Å². The zero-order valence-corrected chi connectivity index (χ0v) is 14.2. The molecule has 1 heterocycles. The highest BCUT2D eigenvalue weighted by Crippen LogP contribution is 2.17. The number of sulfonamides is 1. The van der Waals surface area contributed by atoms with Gasteiger partial charge in [-0.25, -0.2) is 13.1 Å². The van der Waals surface area contributed by atoms with Crippen molar-refractivity contribution in [3.8, 4) is 0 Å². The van der Waals surface area contributed by atoms with Crippen molar-refractivity contribution in [1.29, 1.82) is 0 Å². The molecule has 1 saturated heterocycles. The average Bonchev–Trinajstić information content (AvgIpc) is 2.49. The van der Waals surface area contributed by atoms with E-state index in [-0.39, 0.29) is 0 Å². The summed E-state index contributed by atoms with van der Waals surface area (Å²) in [5.74, 6) is 0. The van der Waals surface area contributed by atoms with E-state index < -0.39 is 10.0 Å². The first-order chi connectivity index (χ1) is 10.0. The third-order valence-corrected chi connectivity index (χ3v) is 5.91. The number of piperazine rings is 1. The zero-order chi connectivity index (χ0) is 15.3. The van der Waals surface area contributed by atoms with Crippen molar-refractivity contribution in [2.75, 3.05) is 52.6 Å². The SMILES string of the molecule is CSc1ccc(S(=O)(=O)NCCN2CCN(C)CC2)cc1. The van der Waals surface area contributed by atoms with Gasteiger partial charge in [0.15, 0.2) is 0 Å². The van der Waals surface area contributed by atoms with Gasteiger partial charge in [-0.2, -0.15) is 0 Å². The minimum Gasteiger partial charge on any atom is -0.304 e. The minimum absolute atomic E-state index is 0.332. The van der Waals surface area contributed by atoms with Gasteiger partial charge in [-0.05, 0) is 37.6 Å². The van der Waals surface area contributed by atoms with Crippen LogP contribution in [0.3, 0.4) is 0 Å². The maximum atomic E-state index is 12.2. The highest BCUT2D eigenvalue weighted by atomic mass is 32.2. The Balaban J connectivity index is 1.83. The summed E-state index contributed by atoms with van der Waals surface area (Å²) in [5.41, 5.74) is 0. The second-order valence-corrected chi connectivity index (χ2v) is 7.86. The van der Waals surface area contributed by atoms with Gasteiger partial charge in [0.25, 0.3) is 0 Å². The van der Waals surface area contributed by atoms with E-state index in [1.807, 2.05) is 18.4 Å². The van der Waals surface area contributed by atoms with Crippen LogP contribution >= 0.6 is 11.8 Å². The molecule has 0 bridgehead atoms. The normalized spacial score (nSPS) is 18.0. The van der Waals surface area contributed by atoms with E-state index in [2.05, 4.69) is 21.6 Å². The van der Waals surface area contributed by atoms with Gasteiger partial charge in [-0.3, -0.25) is 4.90 Å². The summed E-state index contributed by atoms with van der Waals surface area (Å²) in [5, 5.41) is 0. The fraction of sp³-hybridized carbons (Fsp3) is 0.571. The molecule has 0 spiro atoms. The van der Waals surface area contributed by atoms with Crippen LogP contribution in [-0.4, -0.2) is 70.8 Å². The number of thioether (sulfide) groups is 1. The summed E-state index contributed by atoms with van der Waals surface area (Å²) in [6.07, 6.45) is 1.97. The lowest BCUT2D eigenvalue weighted by molar-refractivity contribution is 0.156. The van der Waals surface area contributed by atoms with E-state index in [0.717, 1.165) is 37.6 Å². The molecule has 0 aromatic heterocycles. The van der Waals surface area contributed by atoms with Crippen molar-refractivity contribution < 1.29 is 8.42 Å². The summed E-state index contributed by atoms with van der Waals surface area (Å²) in [6, 6.07) is 6.98. The molecule has 21 heavy (non-hydrogen) atoms. The predicted octanol–water partition coefficient (Wildman–Crippen LogP) is 0.934. The molecule has 2 rings (SSSR count). The minimum atomic E-state index is -3.39. The first-order valence-electron chi connectivity index (χ1n) is 7.06. The van der Waals surface area contributed by atoms with E-state index in [1.165, 1.54) is 0 Å². The van der Waals surface area contributed by atoms with E-state index in [4.69, 9.17) is 0 Å². The van der Waals surface area contributed by atoms with Gasteiger partial charge in [-0.15, -0.1) is 11.8 Å². The monoisotopic (exact) mass is 329 g/mol. The highest BCUT2D eigenvalue weighted by molar-refractivity contribution is 7.98. The largest absolute Gasteiger partial charge is 0.304 e. The van der Waals surface area contributed by atoms with E-state index in [1.54, 1.807) is 23.9 Å². The van der Waals surface area contributed by atoms with Crippen molar-refractivity contribution in [2.45, 2.75) is 9.79 Å². The first-order valence-corrected chi connectivity index (χ1v) is 9.77. The Bertz CT molecular complexity index is 538. The van der Waals surface area contributed by atoms with Crippen LogP contribution in [0, 0.1) is 0 Å². The highest BCUT2D eigenvalue weighted by Gasteiger charge is 2.16. The maximum absolute atomic E-state index is 12.2. The third kappa shape index (κ3) is 4.96. The molecule has 1 fully saturated rings. The van der Waals surface area contributed by atoms with Crippen molar-refractivity contribution in [3.05, 3.63) is 24.3 Å². The summed E-state index contributed by atoms with van der Waals surface area (Å²) >= 11 is 1.60. The lowest BCUT2D eigenvalue weighted by Gasteiger charge is -2.32. The lowest BCUT2D eigenvalue weighted by atomic mass is 10.3. The predicted molar refractivity (Wildman–Crippen MR) is 87.3 cm³/mol. The number of hydrogen-bond acceptors (Lipinski definition) is 5. The Morgan fingerprint density at radius 1 is 1.14 bits per heavy atom. The van der Waals surface area contributed by atoms with E-state index >= 15 is 0 Å². The van der Waals surface area contributed by atoms with Crippen LogP contribution < -0.4 is 4.72 Å². The first kappa shape index (κ1) is 16.8. The van der Waals surface area contributed by atoms with Gasteiger partial charge in [0.2, 0.25) is 10.0 Å². The van der Waals surface area contributed by atoms with Crippen molar-refractivity contribution in [3.63, 3.8) is 0 Å². The summed E-state index contributed by atoms with van der Waals surface area (Å²) in [7, 11) is -1.28. The van der Waals surface area contributed by atoms with Gasteiger partial charge >= 0.3 is 0 Å². The van der Waals surface area contributed by atoms with Crippen molar-refractivity contribution >= 4 is 21.8 Å². The Morgan fingerprint density at radius 3 is 2.33 bits per heavy atom. The van der Waals surface area contributed by atoms with Crippen LogP contribution in [0.4, 0.5) is 0 Å². The molecule has 0 saturated carbocycles. The van der Waals surface area contributed by atoms with Crippen LogP contribution in [0.2, 0.25) is 0 Å². The molecule has 1 N–H and O–H groups in total. The number of rotatable bonds is 6. The van der Waals surface area contributed by atoms with E-state index in [0.29, 0.717) is 11.4 Å². The molecule has 0 radical (unpaired) electrons. The topological polar surface area (TPSA) is 52.7 Å². The molecule has 1 aliphatic heterocycles. The molecule has 0 aliphatic carbocycles. The van der Waals surface area contributed by atoms with Gasteiger partial charge in [0, 0.05) is 44.2 Å². The molecule has 1 aliphatic rings. The molecule has 1 aromatic carbocycles. The molecular weight excluding hydrogens is 306 g/mol. The molecule has 5 nitrogen and oxygen atoms in total. The second kappa shape index (κ2) is 7.60. The van der Waals surface area contributed by atoms with Crippen molar-refractivity contribution in [2.24, 2.45) is 0 Å². The quantitative estimate of drug-likeness (QED) is 0.787. The van der Waals surface area contributed by atoms with Gasteiger partial charge in [0.05, 0.1) is 4.90 Å². The lowest BCUT2D eigenvalue weighted by Crippen LogP contribution is -2.46. The Morgan fingerprint density at radius 2 is 1.76 bits per heavy atom. The van der Waals surface area contributed by atoms with Crippen molar-refractivity contribution in [1.82, 2.24) is 14.5 Å².